The molecular formula is C6H2F15P. The van der Waals surface area contributed by atoms with Gasteiger partial charge in [-0.05, 0) is 0 Å². The number of halogens is 15. The van der Waals surface area contributed by atoms with Crippen molar-refractivity contribution in [2.75, 3.05) is 0 Å². The molecule has 0 fully saturated rings. The molecule has 0 aromatic carbocycles. The van der Waals surface area contributed by atoms with E-state index in [1.807, 2.05) is 0 Å². The molecule has 0 saturated carbocycles. The van der Waals surface area contributed by atoms with Gasteiger partial charge in [0.25, 0.3) is 0 Å². The van der Waals surface area contributed by atoms with E-state index < -0.39 is 43.6 Å². The van der Waals surface area contributed by atoms with Crippen LogP contribution < -0.4 is 0 Å². The average molecular weight is 390 g/mol. The molecule has 0 spiro atoms. The van der Waals surface area contributed by atoms with E-state index in [4.69, 9.17) is 0 Å². The second-order valence-electron chi connectivity index (χ2n) is 3.90. The van der Waals surface area contributed by atoms with Crippen molar-refractivity contribution in [3.63, 3.8) is 0 Å². The van der Waals surface area contributed by atoms with E-state index in [-0.39, 0.29) is 0 Å². The van der Waals surface area contributed by atoms with Crippen LogP contribution in [0.4, 0.5) is 65.3 Å². The van der Waals surface area contributed by atoms with E-state index in [1.54, 1.807) is 0 Å². The Morgan fingerprint density at radius 1 is 0.409 bits per heavy atom. The molecular weight excluding hydrogens is 388 g/mol. The summed E-state index contributed by atoms with van der Waals surface area (Å²) in [6.45, 7) is 0. The summed E-state index contributed by atoms with van der Waals surface area (Å²) in [6.07, 6.45) is -29.7. The summed E-state index contributed by atoms with van der Waals surface area (Å²) in [5.74, 6) is 0. The van der Waals surface area contributed by atoms with Gasteiger partial charge in [0.15, 0.2) is 0 Å². The third-order valence-corrected chi connectivity index (χ3v) is 5.06. The Bertz CT molecular complexity index is 333. The second-order valence-corrected chi connectivity index (χ2v) is 6.78. The van der Waals surface area contributed by atoms with Gasteiger partial charge in [0.05, 0.1) is 0 Å². The molecule has 0 atom stereocenters. The summed E-state index contributed by atoms with van der Waals surface area (Å²) < 4.78 is 182. The quantitative estimate of drug-likeness (QED) is 0.390. The van der Waals surface area contributed by atoms with Gasteiger partial charge in [0.1, 0.15) is 0 Å². The molecule has 0 heterocycles. The molecule has 0 amide bonds. The van der Waals surface area contributed by atoms with Gasteiger partial charge < -0.3 is 0 Å². The summed E-state index contributed by atoms with van der Waals surface area (Å²) in [4.78, 5) is 0. The van der Waals surface area contributed by atoms with Gasteiger partial charge in [-0.2, -0.15) is 0 Å². The van der Waals surface area contributed by atoms with Crippen molar-refractivity contribution < 1.29 is 65.3 Å². The molecule has 16 heteroatoms. The molecule has 0 aliphatic heterocycles. The molecule has 22 heavy (non-hydrogen) atoms. The molecule has 136 valence electrons. The Hall–Kier alpha value is -0.620. The fourth-order valence-electron chi connectivity index (χ4n) is 1.52. The fraction of sp³-hybridized carbons (Fsp3) is 1.00. The molecule has 0 bridgehead atoms. The number of hydrogen-bond acceptors (Lipinski definition) is 0. The summed E-state index contributed by atoms with van der Waals surface area (Å²) in [7, 11) is -11.0. The van der Waals surface area contributed by atoms with Crippen molar-refractivity contribution in [3.8, 4) is 0 Å². The fourth-order valence-corrected chi connectivity index (χ4v) is 3.82. The zero-order chi connectivity index (χ0) is 18.6. The minimum absolute atomic E-state index is 6.71. The molecule has 0 rings (SSSR count). The van der Waals surface area contributed by atoms with E-state index in [9.17, 15) is 65.3 Å². The zero-order valence-electron chi connectivity index (χ0n) is 9.27. The molecule has 0 N–H and O–H groups in total. The molecule has 0 aromatic rings. The monoisotopic (exact) mass is 390 g/mol. The Balaban J connectivity index is 6.62. The van der Waals surface area contributed by atoms with Crippen LogP contribution in [0.2, 0.25) is 0 Å². The first kappa shape index (κ1) is 21.4. The molecule has 0 saturated heterocycles. The van der Waals surface area contributed by atoms with Crippen LogP contribution in [0, 0.1) is 0 Å². The molecule has 0 nitrogen and oxygen atoms in total. The summed E-state index contributed by atoms with van der Waals surface area (Å²) in [5, 5.41) is 0. The van der Waals surface area contributed by atoms with Crippen LogP contribution in [0.5, 0.6) is 0 Å². The Morgan fingerprint density at radius 3 is 0.636 bits per heavy atom. The van der Waals surface area contributed by atoms with E-state index >= 15 is 0 Å². The topological polar surface area (TPSA) is 0 Å². The Kier molecular flexibility index (Phi) is 4.80. The predicted molar refractivity (Wildman–Crippen MR) is 42.0 cm³/mol. The van der Waals surface area contributed by atoms with Crippen molar-refractivity contribution in [3.05, 3.63) is 0 Å². The van der Waals surface area contributed by atoms with Crippen molar-refractivity contribution in [2.45, 2.75) is 36.0 Å². The second kappa shape index (κ2) is 4.94. The average Bonchev–Trinajstić information content (AvgIpc) is 1.81. The summed E-state index contributed by atoms with van der Waals surface area (Å²) in [5.41, 5.74) is -13.4. The number of hydrogen-bond donors (Lipinski definition) is 0. The van der Waals surface area contributed by atoms with Gasteiger partial charge in [-0.25, -0.2) is 0 Å². The number of alkyl halides is 12. The van der Waals surface area contributed by atoms with Gasteiger partial charge in [0.2, 0.25) is 0 Å². The maximum absolute atomic E-state index is 13.0. The molecule has 0 aliphatic rings. The zero-order valence-corrected chi connectivity index (χ0v) is 10.2. The van der Waals surface area contributed by atoms with E-state index in [0.717, 1.165) is 0 Å². The third-order valence-electron chi connectivity index (χ3n) is 2.12. The van der Waals surface area contributed by atoms with Crippen molar-refractivity contribution in [2.24, 2.45) is 0 Å². The van der Waals surface area contributed by atoms with Gasteiger partial charge in [-0.15, -0.1) is 0 Å². The first-order valence-electron chi connectivity index (χ1n) is 4.45. The van der Waals surface area contributed by atoms with Crippen LogP contribution in [-0.2, 0) is 0 Å². The van der Waals surface area contributed by atoms with Crippen LogP contribution >= 0.6 is 7.54 Å². The van der Waals surface area contributed by atoms with E-state index in [1.165, 1.54) is 0 Å². The molecule has 0 aliphatic carbocycles. The first-order chi connectivity index (χ1) is 9.01. The van der Waals surface area contributed by atoms with Gasteiger partial charge in [-0.1, -0.05) is 0 Å². The standard InChI is InChI=1S/C6H2F15P/c7-3(8,9)1(4(10,11)12)22(19,20,21)2(5(13,14)15)6(16,17)18/h1-2H. The van der Waals surface area contributed by atoms with Crippen LogP contribution in [0.3, 0.4) is 0 Å². The van der Waals surface area contributed by atoms with Crippen molar-refractivity contribution >= 4 is 7.54 Å². The summed E-state index contributed by atoms with van der Waals surface area (Å²) in [6, 6.07) is 0. The Morgan fingerprint density at radius 2 is 0.545 bits per heavy atom. The molecule has 0 aromatic heterocycles. The normalized spacial score (nSPS) is 17.8. The molecule has 0 radical (unpaired) electrons. The summed E-state index contributed by atoms with van der Waals surface area (Å²) >= 11 is 0. The van der Waals surface area contributed by atoms with E-state index in [0.29, 0.717) is 0 Å². The predicted octanol–water partition coefficient (Wildman–Crippen LogP) is 6.18. The van der Waals surface area contributed by atoms with Gasteiger partial charge in [-0.3, -0.25) is 0 Å². The van der Waals surface area contributed by atoms with Gasteiger partial charge >= 0.3 is 109 Å². The third kappa shape index (κ3) is 4.22. The number of rotatable bonds is 2. The van der Waals surface area contributed by atoms with Crippen molar-refractivity contribution in [1.29, 1.82) is 0 Å². The first-order valence-corrected chi connectivity index (χ1v) is 6.49. The van der Waals surface area contributed by atoms with Crippen LogP contribution in [-0.4, -0.2) is 36.0 Å². The minimum atomic E-state index is -11.0. The van der Waals surface area contributed by atoms with E-state index in [2.05, 4.69) is 0 Å². The van der Waals surface area contributed by atoms with Crippen LogP contribution in [0.25, 0.3) is 0 Å². The van der Waals surface area contributed by atoms with Crippen LogP contribution in [0.1, 0.15) is 0 Å². The Labute approximate surface area is 110 Å². The van der Waals surface area contributed by atoms with Crippen molar-refractivity contribution in [1.82, 2.24) is 0 Å². The SMILES string of the molecule is FC(F)(F)C(C(F)(F)F)P(F)(F)(F)C(C(F)(F)F)C(F)(F)F. The maximum atomic E-state index is 13.0. The van der Waals surface area contributed by atoms with Gasteiger partial charge in [0, 0.05) is 0 Å². The van der Waals surface area contributed by atoms with Crippen LogP contribution in [0.15, 0.2) is 0 Å². The molecule has 0 unspecified atom stereocenters.